The van der Waals surface area contributed by atoms with Crippen LogP contribution in [0.15, 0.2) is 35.3 Å². The largest absolute Gasteiger partial charge is 0.357 e. The van der Waals surface area contributed by atoms with Crippen LogP contribution in [0.1, 0.15) is 31.7 Å². The van der Waals surface area contributed by atoms with Gasteiger partial charge in [0, 0.05) is 40.2 Å². The van der Waals surface area contributed by atoms with Crippen molar-refractivity contribution in [1.29, 1.82) is 0 Å². The number of likely N-dealkylation sites (tertiary alicyclic amines) is 1. The Balaban J connectivity index is 0.00000338. The molecule has 0 saturated carbocycles. The molecule has 26 heavy (non-hydrogen) atoms. The molecule has 0 aliphatic carbocycles. The van der Waals surface area contributed by atoms with Gasteiger partial charge < -0.3 is 15.1 Å². The molecule has 0 spiro atoms. The highest BCUT2D eigenvalue weighted by Gasteiger charge is 2.21. The second kappa shape index (κ2) is 12.1. The van der Waals surface area contributed by atoms with Crippen LogP contribution in [-0.4, -0.2) is 61.9 Å². The monoisotopic (exact) mass is 472 g/mol. The van der Waals surface area contributed by atoms with Gasteiger partial charge in [-0.25, -0.2) is 0 Å². The zero-order chi connectivity index (χ0) is 18.1. The molecule has 1 aromatic carbocycles. The van der Waals surface area contributed by atoms with Crippen molar-refractivity contribution in [2.24, 2.45) is 10.9 Å². The molecule has 0 atom stereocenters. The molecule has 0 aromatic heterocycles. The summed E-state index contributed by atoms with van der Waals surface area (Å²) in [5.41, 5.74) is 1.43. The van der Waals surface area contributed by atoms with Gasteiger partial charge in [-0.2, -0.15) is 0 Å². The molecule has 1 fully saturated rings. The summed E-state index contributed by atoms with van der Waals surface area (Å²) in [6.45, 7) is 5.55. The lowest BCUT2D eigenvalue weighted by atomic mass is 9.90. The molecule has 1 N–H and O–H groups in total. The molecular weight excluding hydrogens is 439 g/mol. The summed E-state index contributed by atoms with van der Waals surface area (Å²) in [6.07, 6.45) is 4.01. The standard InChI is InChI=1S/C20H32N4O.HI/c1-4-21-20(22-13-10-19(25)23(2)3)24-14-11-18(12-15-24)16-17-8-6-5-7-9-17;/h5-9,18H,4,10-16H2,1-3H3,(H,21,22);1H. The number of hydrogen-bond acceptors (Lipinski definition) is 2. The minimum Gasteiger partial charge on any atom is -0.357 e. The highest BCUT2D eigenvalue weighted by atomic mass is 127. The molecule has 6 heteroatoms. The van der Waals surface area contributed by atoms with Crippen molar-refractivity contribution in [3.05, 3.63) is 35.9 Å². The van der Waals surface area contributed by atoms with Gasteiger partial charge in [0.05, 0.1) is 6.54 Å². The first kappa shape index (κ1) is 22.7. The second-order valence-electron chi connectivity index (χ2n) is 6.89. The number of carbonyl (C=O) groups excluding carboxylic acids is 1. The molecule has 1 saturated heterocycles. The van der Waals surface area contributed by atoms with E-state index in [1.807, 2.05) is 0 Å². The van der Waals surface area contributed by atoms with Crippen LogP contribution in [0.5, 0.6) is 0 Å². The Hall–Kier alpha value is -1.31. The van der Waals surface area contributed by atoms with Crippen LogP contribution in [0.4, 0.5) is 0 Å². The quantitative estimate of drug-likeness (QED) is 0.394. The number of guanidine groups is 1. The van der Waals surface area contributed by atoms with E-state index in [1.165, 1.54) is 24.8 Å². The van der Waals surface area contributed by atoms with Crippen LogP contribution in [-0.2, 0) is 11.2 Å². The topological polar surface area (TPSA) is 47.9 Å². The Kier molecular flexibility index (Phi) is 10.6. The average molecular weight is 472 g/mol. The minimum atomic E-state index is 0. The van der Waals surface area contributed by atoms with Crippen molar-refractivity contribution < 1.29 is 4.79 Å². The first-order valence-electron chi connectivity index (χ1n) is 9.37. The maximum atomic E-state index is 11.7. The molecule has 1 aliphatic rings. The molecule has 1 aromatic rings. The molecule has 0 unspecified atom stereocenters. The van der Waals surface area contributed by atoms with Crippen LogP contribution in [0.2, 0.25) is 0 Å². The third kappa shape index (κ3) is 7.51. The van der Waals surface area contributed by atoms with E-state index in [0.717, 1.165) is 31.5 Å². The summed E-state index contributed by atoms with van der Waals surface area (Å²) < 4.78 is 0. The van der Waals surface area contributed by atoms with E-state index < -0.39 is 0 Å². The Morgan fingerprint density at radius 2 is 1.88 bits per heavy atom. The van der Waals surface area contributed by atoms with Crippen LogP contribution < -0.4 is 5.32 Å². The molecular formula is C20H33IN4O. The first-order chi connectivity index (χ1) is 12.1. The summed E-state index contributed by atoms with van der Waals surface area (Å²) >= 11 is 0. The molecule has 146 valence electrons. The van der Waals surface area contributed by atoms with Crippen LogP contribution in [0.3, 0.4) is 0 Å². The highest BCUT2D eigenvalue weighted by molar-refractivity contribution is 14.0. The van der Waals surface area contributed by atoms with Crippen molar-refractivity contribution in [3.63, 3.8) is 0 Å². The van der Waals surface area contributed by atoms with E-state index in [2.05, 4.69) is 52.5 Å². The predicted molar refractivity (Wildman–Crippen MR) is 119 cm³/mol. The molecule has 1 amide bonds. The summed E-state index contributed by atoms with van der Waals surface area (Å²) in [4.78, 5) is 20.3. The van der Waals surface area contributed by atoms with Gasteiger partial charge in [-0.05, 0) is 37.7 Å². The number of hydrogen-bond donors (Lipinski definition) is 1. The van der Waals surface area contributed by atoms with E-state index >= 15 is 0 Å². The Labute approximate surface area is 175 Å². The fourth-order valence-electron chi connectivity index (χ4n) is 3.20. The average Bonchev–Trinajstić information content (AvgIpc) is 2.62. The fourth-order valence-corrected chi connectivity index (χ4v) is 3.20. The number of rotatable bonds is 6. The minimum absolute atomic E-state index is 0. The zero-order valence-electron chi connectivity index (χ0n) is 16.3. The Morgan fingerprint density at radius 3 is 2.46 bits per heavy atom. The lowest BCUT2D eigenvalue weighted by Crippen LogP contribution is -2.46. The number of amides is 1. The SMILES string of the molecule is CCNC(=NCCC(=O)N(C)C)N1CCC(Cc2ccccc2)CC1.I. The van der Waals surface area contributed by atoms with Crippen LogP contribution in [0, 0.1) is 5.92 Å². The Bertz CT molecular complexity index is 554. The summed E-state index contributed by atoms with van der Waals surface area (Å²) in [5, 5.41) is 3.37. The lowest BCUT2D eigenvalue weighted by molar-refractivity contribution is -0.128. The Morgan fingerprint density at radius 1 is 1.23 bits per heavy atom. The van der Waals surface area contributed by atoms with Gasteiger partial charge in [-0.3, -0.25) is 9.79 Å². The maximum absolute atomic E-state index is 11.7. The molecule has 1 heterocycles. The number of piperidine rings is 1. The third-order valence-electron chi connectivity index (χ3n) is 4.70. The van der Waals surface area contributed by atoms with E-state index in [4.69, 9.17) is 0 Å². The van der Waals surface area contributed by atoms with Gasteiger partial charge in [-0.1, -0.05) is 30.3 Å². The van der Waals surface area contributed by atoms with E-state index in [-0.39, 0.29) is 29.9 Å². The first-order valence-corrected chi connectivity index (χ1v) is 9.37. The van der Waals surface area contributed by atoms with E-state index in [0.29, 0.717) is 13.0 Å². The van der Waals surface area contributed by atoms with Crippen molar-refractivity contribution >= 4 is 35.8 Å². The van der Waals surface area contributed by atoms with E-state index in [1.54, 1.807) is 19.0 Å². The van der Waals surface area contributed by atoms with Crippen molar-refractivity contribution in [1.82, 2.24) is 15.1 Å². The molecule has 5 nitrogen and oxygen atoms in total. The molecule has 0 bridgehead atoms. The van der Waals surface area contributed by atoms with Gasteiger partial charge in [0.25, 0.3) is 0 Å². The predicted octanol–water partition coefficient (Wildman–Crippen LogP) is 3.00. The summed E-state index contributed by atoms with van der Waals surface area (Å²) in [7, 11) is 3.57. The number of halogens is 1. The lowest BCUT2D eigenvalue weighted by Gasteiger charge is -2.34. The maximum Gasteiger partial charge on any atom is 0.223 e. The fraction of sp³-hybridized carbons (Fsp3) is 0.600. The van der Waals surface area contributed by atoms with Crippen LogP contribution in [0.25, 0.3) is 0 Å². The van der Waals surface area contributed by atoms with Gasteiger partial charge in [0.1, 0.15) is 0 Å². The second-order valence-corrected chi connectivity index (χ2v) is 6.89. The van der Waals surface area contributed by atoms with Gasteiger partial charge in [-0.15, -0.1) is 24.0 Å². The summed E-state index contributed by atoms with van der Waals surface area (Å²) in [5.74, 6) is 1.82. The van der Waals surface area contributed by atoms with Gasteiger partial charge >= 0.3 is 0 Å². The smallest absolute Gasteiger partial charge is 0.223 e. The molecule has 1 aliphatic heterocycles. The number of nitrogens with one attached hydrogen (secondary N) is 1. The zero-order valence-corrected chi connectivity index (χ0v) is 18.6. The van der Waals surface area contributed by atoms with Gasteiger partial charge in [0.15, 0.2) is 5.96 Å². The van der Waals surface area contributed by atoms with Crippen molar-refractivity contribution in [2.45, 2.75) is 32.6 Å². The number of nitrogens with zero attached hydrogens (tertiary/aromatic N) is 3. The third-order valence-corrected chi connectivity index (χ3v) is 4.70. The normalized spacial score (nSPS) is 15.3. The molecule has 0 radical (unpaired) electrons. The van der Waals surface area contributed by atoms with Crippen LogP contribution >= 0.6 is 24.0 Å². The van der Waals surface area contributed by atoms with Crippen molar-refractivity contribution in [3.8, 4) is 0 Å². The van der Waals surface area contributed by atoms with Gasteiger partial charge in [0.2, 0.25) is 5.91 Å². The number of carbonyl (C=O) groups is 1. The highest BCUT2D eigenvalue weighted by Crippen LogP contribution is 2.21. The van der Waals surface area contributed by atoms with E-state index in [9.17, 15) is 4.79 Å². The number of benzene rings is 1. The van der Waals surface area contributed by atoms with Crippen molar-refractivity contribution in [2.75, 3.05) is 40.3 Å². The molecule has 2 rings (SSSR count). The summed E-state index contributed by atoms with van der Waals surface area (Å²) in [6, 6.07) is 10.8. The number of aliphatic imine (C=N–C) groups is 1.